The van der Waals surface area contributed by atoms with Crippen LogP contribution < -0.4 is 0 Å². The quantitative estimate of drug-likeness (QED) is 0.685. The Morgan fingerprint density at radius 2 is 2.05 bits per heavy atom. The Morgan fingerprint density at radius 3 is 2.55 bits per heavy atom. The maximum Gasteiger partial charge on any atom is 0.411 e. The van der Waals surface area contributed by atoms with Crippen molar-refractivity contribution in [3.8, 4) is 6.07 Å². The lowest BCUT2D eigenvalue weighted by atomic mass is 9.82. The largest absolute Gasteiger partial charge is 0.467 e. The molecule has 2 saturated heterocycles. The minimum atomic E-state index is -1.03. The number of carbonyl (C=O) groups excluding carboxylic acids is 2. The van der Waals surface area contributed by atoms with Crippen molar-refractivity contribution in [3.05, 3.63) is 0 Å². The molecule has 0 saturated carbocycles. The highest BCUT2D eigenvalue weighted by molar-refractivity contribution is 5.88. The van der Waals surface area contributed by atoms with Gasteiger partial charge in [-0.2, -0.15) is 5.26 Å². The minimum absolute atomic E-state index is 0.256. The second kappa shape index (κ2) is 4.65. The zero-order chi connectivity index (χ0) is 15.1. The molecule has 2 heterocycles. The summed E-state index contributed by atoms with van der Waals surface area (Å²) in [6, 6.07) is 1.93. The summed E-state index contributed by atoms with van der Waals surface area (Å²) >= 11 is 0. The van der Waals surface area contributed by atoms with E-state index >= 15 is 0 Å². The number of amides is 1. The summed E-state index contributed by atoms with van der Waals surface area (Å²) in [5.41, 5.74) is -1.67. The second-order valence-electron chi connectivity index (χ2n) is 6.42. The number of esters is 1. The molecule has 2 bridgehead atoms. The molecule has 6 nitrogen and oxygen atoms in total. The molecule has 0 aromatic heterocycles. The average molecular weight is 280 g/mol. The first-order chi connectivity index (χ1) is 9.25. The van der Waals surface area contributed by atoms with Crippen molar-refractivity contribution in [1.82, 2.24) is 4.90 Å². The van der Waals surface area contributed by atoms with E-state index in [1.54, 1.807) is 20.8 Å². The molecule has 0 aliphatic carbocycles. The van der Waals surface area contributed by atoms with E-state index in [1.165, 1.54) is 12.0 Å². The smallest absolute Gasteiger partial charge is 0.411 e. The molecule has 0 aromatic rings. The fourth-order valence-electron chi connectivity index (χ4n) is 3.26. The molecular formula is C14H20N2O4. The maximum absolute atomic E-state index is 12.4. The SMILES string of the molecule is COC(=O)C12CCC(C(C#N)C1)N2C(=O)OC(C)(C)C. The topological polar surface area (TPSA) is 79.6 Å². The Balaban J connectivity index is 2.33. The van der Waals surface area contributed by atoms with E-state index in [2.05, 4.69) is 6.07 Å². The third-order valence-electron chi connectivity index (χ3n) is 3.99. The first-order valence-electron chi connectivity index (χ1n) is 6.75. The molecule has 0 N–H and O–H groups in total. The second-order valence-corrected chi connectivity index (χ2v) is 6.42. The van der Waals surface area contributed by atoms with E-state index < -0.39 is 23.2 Å². The first-order valence-corrected chi connectivity index (χ1v) is 6.75. The lowest BCUT2D eigenvalue weighted by Crippen LogP contribution is -2.52. The van der Waals surface area contributed by atoms with E-state index in [0.717, 1.165) is 0 Å². The molecule has 3 atom stereocenters. The molecule has 2 rings (SSSR count). The van der Waals surface area contributed by atoms with Crippen molar-refractivity contribution in [2.24, 2.45) is 5.92 Å². The highest BCUT2D eigenvalue weighted by Crippen LogP contribution is 2.50. The van der Waals surface area contributed by atoms with Crippen molar-refractivity contribution in [1.29, 1.82) is 5.26 Å². The predicted octanol–water partition coefficient (Wildman–Crippen LogP) is 1.84. The Hall–Kier alpha value is -1.77. The summed E-state index contributed by atoms with van der Waals surface area (Å²) in [6.45, 7) is 5.32. The van der Waals surface area contributed by atoms with Crippen molar-refractivity contribution < 1.29 is 19.1 Å². The third kappa shape index (κ3) is 2.11. The van der Waals surface area contributed by atoms with E-state index in [1.807, 2.05) is 0 Å². The van der Waals surface area contributed by atoms with Crippen LogP contribution in [0.5, 0.6) is 0 Å². The van der Waals surface area contributed by atoms with Gasteiger partial charge in [0, 0.05) is 0 Å². The standard InChI is InChI=1S/C14H20N2O4/c1-13(2,3)20-12(18)16-10-5-6-14(16,11(17)19-4)7-9(10)8-15/h9-10H,5-7H2,1-4H3. The Bertz CT molecular complexity index is 477. The van der Waals surface area contributed by atoms with E-state index in [9.17, 15) is 14.9 Å². The molecule has 3 unspecified atom stereocenters. The lowest BCUT2D eigenvalue weighted by Gasteiger charge is -2.33. The van der Waals surface area contributed by atoms with E-state index in [0.29, 0.717) is 19.3 Å². The molecule has 2 aliphatic heterocycles. The molecular weight excluding hydrogens is 260 g/mol. The Kier molecular flexibility index (Phi) is 3.41. The first kappa shape index (κ1) is 14.6. The molecule has 1 amide bonds. The number of fused-ring (bicyclic) bond motifs is 2. The van der Waals surface area contributed by atoms with Crippen LogP contribution in [0.3, 0.4) is 0 Å². The minimum Gasteiger partial charge on any atom is -0.467 e. The number of hydrogen-bond donors (Lipinski definition) is 0. The van der Waals surface area contributed by atoms with Gasteiger partial charge in [0.1, 0.15) is 11.1 Å². The van der Waals surface area contributed by atoms with Crippen LogP contribution in [0, 0.1) is 17.2 Å². The number of nitriles is 1. The zero-order valence-corrected chi connectivity index (χ0v) is 12.3. The normalized spacial score (nSPS) is 31.9. The van der Waals surface area contributed by atoms with Crippen molar-refractivity contribution in [2.45, 2.75) is 57.2 Å². The monoisotopic (exact) mass is 280 g/mol. The zero-order valence-electron chi connectivity index (χ0n) is 12.3. The van der Waals surface area contributed by atoms with Gasteiger partial charge in [-0.3, -0.25) is 4.90 Å². The van der Waals surface area contributed by atoms with Crippen LogP contribution in [-0.4, -0.2) is 41.3 Å². The molecule has 110 valence electrons. The number of methoxy groups -OCH3 is 1. The third-order valence-corrected chi connectivity index (χ3v) is 3.99. The van der Waals surface area contributed by atoms with Gasteiger partial charge in [-0.15, -0.1) is 0 Å². The highest BCUT2D eigenvalue weighted by atomic mass is 16.6. The molecule has 20 heavy (non-hydrogen) atoms. The van der Waals surface area contributed by atoms with Gasteiger partial charge in [-0.25, -0.2) is 9.59 Å². The van der Waals surface area contributed by atoms with Crippen LogP contribution in [0.25, 0.3) is 0 Å². The van der Waals surface area contributed by atoms with Crippen LogP contribution in [0.1, 0.15) is 40.0 Å². The van der Waals surface area contributed by atoms with Crippen molar-refractivity contribution in [2.75, 3.05) is 7.11 Å². The van der Waals surface area contributed by atoms with Crippen LogP contribution in [-0.2, 0) is 14.3 Å². The molecule has 0 radical (unpaired) electrons. The van der Waals surface area contributed by atoms with Crippen LogP contribution in [0.15, 0.2) is 0 Å². The van der Waals surface area contributed by atoms with Gasteiger partial charge in [-0.1, -0.05) is 0 Å². The number of rotatable bonds is 1. The van der Waals surface area contributed by atoms with E-state index in [4.69, 9.17) is 9.47 Å². The molecule has 0 spiro atoms. The van der Waals surface area contributed by atoms with Gasteiger partial charge in [-0.05, 0) is 40.0 Å². The van der Waals surface area contributed by atoms with Gasteiger partial charge >= 0.3 is 12.1 Å². The van der Waals surface area contributed by atoms with Crippen molar-refractivity contribution in [3.63, 3.8) is 0 Å². The number of carbonyl (C=O) groups is 2. The molecule has 0 aromatic carbocycles. The molecule has 6 heteroatoms. The van der Waals surface area contributed by atoms with Crippen LogP contribution in [0.2, 0.25) is 0 Å². The van der Waals surface area contributed by atoms with Gasteiger partial charge in [0.15, 0.2) is 0 Å². The molecule has 2 aliphatic rings. The van der Waals surface area contributed by atoms with Crippen LogP contribution >= 0.6 is 0 Å². The van der Waals surface area contributed by atoms with Gasteiger partial charge in [0.05, 0.1) is 25.1 Å². The summed E-state index contributed by atoms with van der Waals surface area (Å²) in [5.74, 6) is -0.793. The van der Waals surface area contributed by atoms with Crippen molar-refractivity contribution >= 4 is 12.1 Å². The highest BCUT2D eigenvalue weighted by Gasteiger charge is 2.64. The summed E-state index contributed by atoms with van der Waals surface area (Å²) in [7, 11) is 1.30. The summed E-state index contributed by atoms with van der Waals surface area (Å²) < 4.78 is 10.2. The van der Waals surface area contributed by atoms with Gasteiger partial charge in [0.2, 0.25) is 0 Å². The fourth-order valence-corrected chi connectivity index (χ4v) is 3.26. The predicted molar refractivity (Wildman–Crippen MR) is 69.6 cm³/mol. The Morgan fingerprint density at radius 1 is 1.40 bits per heavy atom. The lowest BCUT2D eigenvalue weighted by molar-refractivity contribution is -0.152. The number of ether oxygens (including phenoxy) is 2. The summed E-state index contributed by atoms with van der Waals surface area (Å²) in [4.78, 5) is 26.0. The van der Waals surface area contributed by atoms with Crippen LogP contribution in [0.4, 0.5) is 4.79 Å². The summed E-state index contributed by atoms with van der Waals surface area (Å²) in [5, 5.41) is 9.21. The van der Waals surface area contributed by atoms with E-state index in [-0.39, 0.29) is 12.0 Å². The Labute approximate surface area is 118 Å². The fraction of sp³-hybridized carbons (Fsp3) is 0.786. The average Bonchev–Trinajstić information content (AvgIpc) is 2.89. The number of hydrogen-bond acceptors (Lipinski definition) is 5. The van der Waals surface area contributed by atoms with Gasteiger partial charge in [0.25, 0.3) is 0 Å². The summed E-state index contributed by atoms with van der Waals surface area (Å²) in [6.07, 6.45) is 0.956. The molecule has 2 fully saturated rings. The maximum atomic E-state index is 12.4. The number of nitrogens with zero attached hydrogens (tertiary/aromatic N) is 2. The van der Waals surface area contributed by atoms with Gasteiger partial charge < -0.3 is 9.47 Å².